The Morgan fingerprint density at radius 1 is 1.10 bits per heavy atom. The third-order valence-corrected chi connectivity index (χ3v) is 9.24. The van der Waals surface area contributed by atoms with E-state index in [9.17, 15) is 19.7 Å². The number of nitro benzene ring substituents is 1. The van der Waals surface area contributed by atoms with Crippen LogP contribution in [-0.4, -0.2) is 25.4 Å². The Morgan fingerprint density at radius 2 is 1.88 bits per heavy atom. The van der Waals surface area contributed by atoms with Crippen LogP contribution in [-0.2, 0) is 4.79 Å². The number of carbonyl (C=O) groups excluding carboxylic acids is 1. The fourth-order valence-electron chi connectivity index (χ4n) is 4.48. The highest BCUT2D eigenvalue weighted by Crippen LogP contribution is 2.34. The lowest BCUT2D eigenvalue weighted by Gasteiger charge is -2.24. The zero-order valence-corrected chi connectivity index (χ0v) is 24.3. The summed E-state index contributed by atoms with van der Waals surface area (Å²) in [6, 6.07) is 18.3. The summed E-state index contributed by atoms with van der Waals surface area (Å²) in [7, 11) is 0. The summed E-state index contributed by atoms with van der Waals surface area (Å²) in [6.07, 6.45) is 4.84. The predicted molar refractivity (Wildman–Crippen MR) is 162 cm³/mol. The molecule has 0 unspecified atom stereocenters. The van der Waals surface area contributed by atoms with Gasteiger partial charge in [0.15, 0.2) is 9.96 Å². The molecule has 5 aromatic rings. The maximum atomic E-state index is 14.0. The second-order valence-corrected chi connectivity index (χ2v) is 12.0. The van der Waals surface area contributed by atoms with Gasteiger partial charge in [-0.15, -0.1) is 11.3 Å². The Balaban J connectivity index is 1.48. The van der Waals surface area contributed by atoms with Crippen molar-refractivity contribution >= 4 is 57.8 Å². The SMILES string of the molecule is CC1=C(C(=O)Nc2ccccc2)[C@H](c2cccs2)n2c(s/c(=C/c3cc([N+](=O)[O-])ccc3Sc3ncccn3)c2=O)=N1. The molecule has 0 radical (unpaired) electrons. The van der Waals surface area contributed by atoms with Crippen LogP contribution in [0, 0.1) is 10.1 Å². The number of thiophene rings is 1. The molecule has 0 fully saturated rings. The van der Waals surface area contributed by atoms with Gasteiger partial charge in [-0.05, 0) is 66.0 Å². The van der Waals surface area contributed by atoms with E-state index in [-0.39, 0.29) is 17.2 Å². The maximum Gasteiger partial charge on any atom is 0.271 e. The van der Waals surface area contributed by atoms with Crippen molar-refractivity contribution in [3.8, 4) is 0 Å². The lowest BCUT2D eigenvalue weighted by molar-refractivity contribution is -0.384. The molecule has 1 N–H and O–H groups in total. The molecule has 6 rings (SSSR count). The minimum atomic E-state index is -0.691. The van der Waals surface area contributed by atoms with Gasteiger partial charge in [0.1, 0.15) is 6.04 Å². The van der Waals surface area contributed by atoms with Crippen molar-refractivity contribution in [3.05, 3.63) is 136 Å². The summed E-state index contributed by atoms with van der Waals surface area (Å²) >= 11 is 3.84. The Labute approximate surface area is 250 Å². The van der Waals surface area contributed by atoms with E-state index < -0.39 is 11.0 Å². The monoisotopic (exact) mass is 612 g/mol. The summed E-state index contributed by atoms with van der Waals surface area (Å²) in [6.45, 7) is 1.76. The summed E-state index contributed by atoms with van der Waals surface area (Å²) in [5, 5.41) is 16.9. The fraction of sp³-hybridized carbons (Fsp3) is 0.0690. The van der Waals surface area contributed by atoms with E-state index >= 15 is 0 Å². The van der Waals surface area contributed by atoms with Crippen LogP contribution in [0.1, 0.15) is 23.4 Å². The standard InChI is InChI=1S/C29H20N6O4S3/c1-17-24(26(36)33-19-7-3-2-4-8-19)25(22-9-5-14-40-22)34-27(37)23(42-29(34)32-17)16-18-15-20(35(38)39)10-11-21(18)41-28-30-12-6-13-31-28/h2-16,25H,1H3,(H,33,36)/b23-16+/t25-/m0/s1. The summed E-state index contributed by atoms with van der Waals surface area (Å²) in [4.78, 5) is 53.7. The Bertz CT molecular complexity index is 2020. The molecule has 1 atom stereocenters. The number of hydrogen-bond acceptors (Lipinski definition) is 10. The van der Waals surface area contributed by atoms with Gasteiger partial charge >= 0.3 is 0 Å². The van der Waals surface area contributed by atoms with Gasteiger partial charge in [0.25, 0.3) is 17.2 Å². The average Bonchev–Trinajstić information content (AvgIpc) is 3.62. The Kier molecular flexibility index (Phi) is 7.61. The van der Waals surface area contributed by atoms with Gasteiger partial charge in [0, 0.05) is 40.0 Å². The first-order valence-corrected chi connectivity index (χ1v) is 15.1. The largest absolute Gasteiger partial charge is 0.322 e. The van der Waals surface area contributed by atoms with Gasteiger partial charge in [-0.3, -0.25) is 24.3 Å². The van der Waals surface area contributed by atoms with Gasteiger partial charge in [-0.25, -0.2) is 15.0 Å². The van der Waals surface area contributed by atoms with E-state index in [2.05, 4.69) is 20.3 Å². The highest BCUT2D eigenvalue weighted by atomic mass is 32.2. The lowest BCUT2D eigenvalue weighted by atomic mass is 10.0. The summed E-state index contributed by atoms with van der Waals surface area (Å²) in [5.74, 6) is -0.352. The third kappa shape index (κ3) is 5.44. The second kappa shape index (κ2) is 11.6. The van der Waals surface area contributed by atoms with Crippen molar-refractivity contribution < 1.29 is 9.72 Å². The number of carbonyl (C=O) groups is 1. The number of non-ortho nitro benzene ring substituents is 1. The molecule has 0 saturated carbocycles. The van der Waals surface area contributed by atoms with Crippen LogP contribution in [0.5, 0.6) is 0 Å². The highest BCUT2D eigenvalue weighted by molar-refractivity contribution is 7.99. The molecular formula is C29H20N6O4S3. The molecule has 1 aliphatic heterocycles. The number of anilines is 1. The minimum absolute atomic E-state index is 0.112. The molecule has 2 aromatic carbocycles. The van der Waals surface area contributed by atoms with Crippen LogP contribution in [0.3, 0.4) is 0 Å². The number of fused-ring (bicyclic) bond motifs is 1. The van der Waals surface area contributed by atoms with Crippen LogP contribution in [0.15, 0.2) is 116 Å². The van der Waals surface area contributed by atoms with Gasteiger partial charge < -0.3 is 5.32 Å². The van der Waals surface area contributed by atoms with Crippen LogP contribution in [0.2, 0.25) is 0 Å². The van der Waals surface area contributed by atoms with E-state index in [4.69, 9.17) is 0 Å². The number of nitrogens with zero attached hydrogens (tertiary/aromatic N) is 5. The van der Waals surface area contributed by atoms with E-state index in [1.165, 1.54) is 51.1 Å². The molecule has 208 valence electrons. The average molecular weight is 613 g/mol. The number of rotatable bonds is 7. The molecule has 0 aliphatic carbocycles. The van der Waals surface area contributed by atoms with Crippen LogP contribution in [0.25, 0.3) is 6.08 Å². The zero-order chi connectivity index (χ0) is 29.2. The maximum absolute atomic E-state index is 14.0. The van der Waals surface area contributed by atoms with E-state index in [0.717, 1.165) is 4.88 Å². The van der Waals surface area contributed by atoms with Crippen molar-refractivity contribution in [1.29, 1.82) is 0 Å². The number of para-hydroxylation sites is 1. The minimum Gasteiger partial charge on any atom is -0.322 e. The van der Waals surface area contributed by atoms with Gasteiger partial charge in [-0.1, -0.05) is 35.6 Å². The van der Waals surface area contributed by atoms with Gasteiger partial charge in [0.05, 0.1) is 20.7 Å². The van der Waals surface area contributed by atoms with E-state index in [1.54, 1.807) is 49.7 Å². The number of aromatic nitrogens is 3. The third-order valence-electron chi connectivity index (χ3n) is 6.34. The number of thiazole rings is 1. The van der Waals surface area contributed by atoms with Crippen molar-refractivity contribution in [2.45, 2.75) is 23.0 Å². The quantitative estimate of drug-likeness (QED) is 0.159. The molecule has 3 aromatic heterocycles. The van der Waals surface area contributed by atoms with Gasteiger partial charge in [0.2, 0.25) is 0 Å². The van der Waals surface area contributed by atoms with E-state index in [0.29, 0.717) is 41.9 Å². The molecule has 0 saturated heterocycles. The van der Waals surface area contributed by atoms with Crippen LogP contribution >= 0.6 is 34.4 Å². The fourth-order valence-corrected chi connectivity index (χ4v) is 7.14. The summed E-state index contributed by atoms with van der Waals surface area (Å²) in [5.41, 5.74) is 1.50. The number of benzene rings is 2. The van der Waals surface area contributed by atoms with E-state index in [1.807, 2.05) is 35.7 Å². The zero-order valence-electron chi connectivity index (χ0n) is 21.8. The molecule has 0 bridgehead atoms. The molecule has 1 amide bonds. The molecule has 10 nitrogen and oxygen atoms in total. The molecule has 4 heterocycles. The molecule has 13 heteroatoms. The molecule has 0 spiro atoms. The highest BCUT2D eigenvalue weighted by Gasteiger charge is 2.33. The lowest BCUT2D eigenvalue weighted by Crippen LogP contribution is -2.40. The topological polar surface area (TPSA) is 132 Å². The normalized spacial score (nSPS) is 14.8. The Morgan fingerprint density at radius 3 is 2.60 bits per heavy atom. The van der Waals surface area contributed by atoms with Crippen molar-refractivity contribution in [3.63, 3.8) is 0 Å². The molecular weight excluding hydrogens is 593 g/mol. The number of allylic oxidation sites excluding steroid dienone is 1. The number of nitro groups is 1. The number of nitrogens with one attached hydrogen (secondary N) is 1. The van der Waals surface area contributed by atoms with Gasteiger partial charge in [-0.2, -0.15) is 0 Å². The first kappa shape index (κ1) is 27.4. The second-order valence-electron chi connectivity index (χ2n) is 9.03. The molecule has 1 aliphatic rings. The number of amides is 1. The van der Waals surface area contributed by atoms with Crippen LogP contribution in [0.4, 0.5) is 11.4 Å². The van der Waals surface area contributed by atoms with Crippen molar-refractivity contribution in [2.75, 3.05) is 5.32 Å². The first-order chi connectivity index (χ1) is 20.4. The Hall–Kier alpha value is -4.72. The van der Waals surface area contributed by atoms with Crippen molar-refractivity contribution in [2.24, 2.45) is 4.99 Å². The smallest absolute Gasteiger partial charge is 0.271 e. The van der Waals surface area contributed by atoms with Crippen molar-refractivity contribution in [1.82, 2.24) is 14.5 Å². The number of hydrogen-bond donors (Lipinski definition) is 1. The molecule has 42 heavy (non-hydrogen) atoms. The first-order valence-electron chi connectivity index (χ1n) is 12.5. The van der Waals surface area contributed by atoms with Crippen LogP contribution < -0.4 is 20.2 Å². The predicted octanol–water partition coefficient (Wildman–Crippen LogP) is 4.78. The summed E-state index contributed by atoms with van der Waals surface area (Å²) < 4.78 is 1.85.